The van der Waals surface area contributed by atoms with Crippen molar-refractivity contribution in [3.8, 4) is 0 Å². The summed E-state index contributed by atoms with van der Waals surface area (Å²) < 4.78 is 1.11. The summed E-state index contributed by atoms with van der Waals surface area (Å²) in [5, 5.41) is 5.42. The number of rotatable bonds is 3. The molecule has 17 heavy (non-hydrogen) atoms. The van der Waals surface area contributed by atoms with Crippen LogP contribution in [0.1, 0.15) is 23.0 Å². The van der Waals surface area contributed by atoms with Crippen LogP contribution in [-0.2, 0) is 6.42 Å². The molecule has 0 saturated carbocycles. The van der Waals surface area contributed by atoms with Crippen molar-refractivity contribution in [1.82, 2.24) is 4.98 Å². The van der Waals surface area contributed by atoms with Gasteiger partial charge in [0.25, 0.3) is 5.91 Å². The minimum atomic E-state index is -0.113. The average molecular weight is 358 g/mol. The van der Waals surface area contributed by atoms with Crippen molar-refractivity contribution in [1.29, 1.82) is 0 Å². The molecule has 1 aromatic heterocycles. The molecule has 1 N–H and O–H groups in total. The number of hydrogen-bond acceptors (Lipinski definition) is 3. The van der Waals surface area contributed by atoms with Crippen molar-refractivity contribution < 1.29 is 4.79 Å². The van der Waals surface area contributed by atoms with Gasteiger partial charge in [-0.05, 0) is 53.3 Å². The first kappa shape index (κ1) is 12.5. The molecular formula is C12H11IN2OS. The van der Waals surface area contributed by atoms with Crippen LogP contribution in [0.5, 0.6) is 0 Å². The van der Waals surface area contributed by atoms with Gasteiger partial charge >= 0.3 is 0 Å². The Morgan fingerprint density at radius 3 is 2.71 bits per heavy atom. The maximum atomic E-state index is 11.9. The van der Waals surface area contributed by atoms with Gasteiger partial charge in [0.1, 0.15) is 0 Å². The average Bonchev–Trinajstić information content (AvgIpc) is 2.77. The Morgan fingerprint density at radius 2 is 2.12 bits per heavy atom. The summed E-state index contributed by atoms with van der Waals surface area (Å²) in [4.78, 5) is 16.2. The third kappa shape index (κ3) is 3.26. The molecule has 0 aliphatic heterocycles. The number of aromatic nitrogens is 1. The number of benzene rings is 1. The molecule has 0 unspecified atom stereocenters. The second-order valence-corrected chi connectivity index (χ2v) is 5.56. The summed E-state index contributed by atoms with van der Waals surface area (Å²) in [5.74, 6) is -0.113. The van der Waals surface area contributed by atoms with E-state index >= 15 is 0 Å². The Kier molecular flexibility index (Phi) is 4.11. The highest BCUT2D eigenvalue weighted by molar-refractivity contribution is 14.1. The largest absolute Gasteiger partial charge is 0.298 e. The van der Waals surface area contributed by atoms with E-state index in [2.05, 4.69) is 32.9 Å². The van der Waals surface area contributed by atoms with Crippen molar-refractivity contribution in [2.75, 3.05) is 5.32 Å². The van der Waals surface area contributed by atoms with E-state index in [1.165, 1.54) is 11.3 Å². The summed E-state index contributed by atoms with van der Waals surface area (Å²) in [7, 11) is 0. The van der Waals surface area contributed by atoms with E-state index in [0.717, 1.165) is 15.7 Å². The molecule has 0 saturated heterocycles. The lowest BCUT2D eigenvalue weighted by molar-refractivity contribution is 0.102. The van der Waals surface area contributed by atoms with Gasteiger partial charge in [-0.2, -0.15) is 0 Å². The molecule has 0 fully saturated rings. The summed E-state index contributed by atoms with van der Waals surface area (Å²) in [6.45, 7) is 2.04. The smallest absolute Gasteiger partial charge is 0.257 e. The number of carbonyl (C=O) groups is 1. The molecule has 0 spiro atoms. The van der Waals surface area contributed by atoms with E-state index < -0.39 is 0 Å². The SMILES string of the molecule is CCc1csc(NC(=O)c2ccc(I)cc2)n1. The molecule has 5 heteroatoms. The highest BCUT2D eigenvalue weighted by Crippen LogP contribution is 2.17. The summed E-state index contributed by atoms with van der Waals surface area (Å²) in [5.41, 5.74) is 1.66. The summed E-state index contributed by atoms with van der Waals surface area (Å²) >= 11 is 3.67. The second kappa shape index (κ2) is 5.59. The van der Waals surface area contributed by atoms with E-state index in [9.17, 15) is 4.79 Å². The van der Waals surface area contributed by atoms with E-state index in [4.69, 9.17) is 0 Å². The van der Waals surface area contributed by atoms with Gasteiger partial charge in [0.15, 0.2) is 5.13 Å². The zero-order valence-electron chi connectivity index (χ0n) is 9.24. The van der Waals surface area contributed by atoms with Crippen LogP contribution >= 0.6 is 33.9 Å². The third-order valence-electron chi connectivity index (χ3n) is 2.24. The highest BCUT2D eigenvalue weighted by atomic mass is 127. The van der Waals surface area contributed by atoms with Gasteiger partial charge in [0.2, 0.25) is 0 Å². The number of halogens is 1. The number of thiazole rings is 1. The molecule has 0 aliphatic carbocycles. The Bertz CT molecular complexity index is 522. The molecule has 1 amide bonds. The fourth-order valence-electron chi connectivity index (χ4n) is 1.30. The van der Waals surface area contributed by atoms with E-state index in [1.54, 1.807) is 0 Å². The van der Waals surface area contributed by atoms with Crippen molar-refractivity contribution in [2.45, 2.75) is 13.3 Å². The standard InChI is InChI=1S/C12H11IN2OS/c1-2-10-7-17-12(14-10)15-11(16)8-3-5-9(13)6-4-8/h3-7H,2H2,1H3,(H,14,15,16). The molecule has 2 rings (SSSR count). The predicted octanol–water partition coefficient (Wildman–Crippen LogP) is 3.56. The fraction of sp³-hybridized carbons (Fsp3) is 0.167. The van der Waals surface area contributed by atoms with Crippen LogP contribution in [0.3, 0.4) is 0 Å². The number of amides is 1. The maximum absolute atomic E-state index is 11.9. The van der Waals surface area contributed by atoms with Crippen LogP contribution in [0.15, 0.2) is 29.6 Å². The van der Waals surface area contributed by atoms with Crippen molar-refractivity contribution in [2.24, 2.45) is 0 Å². The van der Waals surface area contributed by atoms with Gasteiger partial charge < -0.3 is 0 Å². The Labute approximate surface area is 117 Å². The highest BCUT2D eigenvalue weighted by Gasteiger charge is 2.08. The number of nitrogens with one attached hydrogen (secondary N) is 1. The van der Waals surface area contributed by atoms with Gasteiger partial charge in [-0.25, -0.2) is 4.98 Å². The molecule has 1 heterocycles. The van der Waals surface area contributed by atoms with Crippen LogP contribution < -0.4 is 5.32 Å². The van der Waals surface area contributed by atoms with Crippen molar-refractivity contribution in [3.05, 3.63) is 44.5 Å². The summed E-state index contributed by atoms with van der Waals surface area (Å²) in [6, 6.07) is 7.44. The van der Waals surface area contributed by atoms with Crippen molar-refractivity contribution >= 4 is 45.0 Å². The minimum Gasteiger partial charge on any atom is -0.298 e. The molecular weight excluding hydrogens is 347 g/mol. The number of aryl methyl sites for hydroxylation is 1. The van der Waals surface area contributed by atoms with Crippen LogP contribution in [0.2, 0.25) is 0 Å². The lowest BCUT2D eigenvalue weighted by Crippen LogP contribution is -2.11. The van der Waals surface area contributed by atoms with Gasteiger partial charge in [0.05, 0.1) is 5.69 Å². The normalized spacial score (nSPS) is 10.2. The minimum absolute atomic E-state index is 0.113. The fourth-order valence-corrected chi connectivity index (χ4v) is 2.45. The van der Waals surface area contributed by atoms with Gasteiger partial charge in [-0.15, -0.1) is 11.3 Å². The second-order valence-electron chi connectivity index (χ2n) is 3.46. The van der Waals surface area contributed by atoms with Crippen LogP contribution in [-0.4, -0.2) is 10.9 Å². The molecule has 1 aromatic carbocycles. The first-order valence-electron chi connectivity index (χ1n) is 5.20. The van der Waals surface area contributed by atoms with E-state index in [0.29, 0.717) is 10.7 Å². The Morgan fingerprint density at radius 1 is 1.41 bits per heavy atom. The molecule has 0 atom stereocenters. The number of hydrogen-bond donors (Lipinski definition) is 1. The van der Waals surface area contributed by atoms with Gasteiger partial charge in [-0.3, -0.25) is 10.1 Å². The Hall–Kier alpha value is -0.950. The maximum Gasteiger partial charge on any atom is 0.257 e. The van der Waals surface area contributed by atoms with Crippen LogP contribution in [0.25, 0.3) is 0 Å². The summed E-state index contributed by atoms with van der Waals surface area (Å²) in [6.07, 6.45) is 0.885. The zero-order valence-corrected chi connectivity index (χ0v) is 12.2. The quantitative estimate of drug-likeness (QED) is 0.853. The topological polar surface area (TPSA) is 42.0 Å². The molecule has 2 aromatic rings. The molecule has 3 nitrogen and oxygen atoms in total. The van der Waals surface area contributed by atoms with Gasteiger partial charge in [0, 0.05) is 14.5 Å². The van der Waals surface area contributed by atoms with E-state index in [-0.39, 0.29) is 5.91 Å². The van der Waals surface area contributed by atoms with Crippen molar-refractivity contribution in [3.63, 3.8) is 0 Å². The monoisotopic (exact) mass is 358 g/mol. The molecule has 0 bridgehead atoms. The van der Waals surface area contributed by atoms with Crippen LogP contribution in [0.4, 0.5) is 5.13 Å². The van der Waals surface area contributed by atoms with Crippen LogP contribution in [0, 0.1) is 3.57 Å². The molecule has 0 radical (unpaired) electrons. The third-order valence-corrected chi connectivity index (χ3v) is 3.77. The van der Waals surface area contributed by atoms with E-state index in [1.807, 2.05) is 36.6 Å². The lowest BCUT2D eigenvalue weighted by Gasteiger charge is -2.01. The molecule has 0 aliphatic rings. The lowest BCUT2D eigenvalue weighted by atomic mass is 10.2. The Balaban J connectivity index is 2.08. The predicted molar refractivity (Wildman–Crippen MR) is 78.6 cm³/mol. The number of carbonyl (C=O) groups excluding carboxylic acids is 1. The number of nitrogens with zero attached hydrogens (tertiary/aromatic N) is 1. The van der Waals surface area contributed by atoms with Gasteiger partial charge in [-0.1, -0.05) is 6.92 Å². The zero-order chi connectivity index (χ0) is 12.3. The molecule has 88 valence electrons. The first-order chi connectivity index (χ1) is 8.19. The number of anilines is 1. The first-order valence-corrected chi connectivity index (χ1v) is 7.16.